The van der Waals surface area contributed by atoms with Gasteiger partial charge in [0.05, 0.1) is 26.6 Å². The number of fused-ring (bicyclic) bond motifs is 2. The minimum atomic E-state index is -0.786. The van der Waals surface area contributed by atoms with Crippen molar-refractivity contribution in [3.63, 3.8) is 0 Å². The van der Waals surface area contributed by atoms with Crippen LogP contribution in [0.15, 0.2) is 96.5 Å². The smallest absolute Gasteiger partial charge is 0.246 e. The van der Waals surface area contributed by atoms with Crippen molar-refractivity contribution in [2.75, 3.05) is 36.8 Å². The summed E-state index contributed by atoms with van der Waals surface area (Å²) >= 11 is 7.81. The van der Waals surface area contributed by atoms with Crippen LogP contribution in [0.3, 0.4) is 0 Å². The Balaban J connectivity index is 1.52. The number of carbonyl (C=O) groups is 1. The third-order valence-electron chi connectivity index (χ3n) is 8.41. The first-order chi connectivity index (χ1) is 23.8. The number of hydrogen-bond acceptors (Lipinski definition) is 8. The average Bonchev–Trinajstić information content (AvgIpc) is 3.54. The summed E-state index contributed by atoms with van der Waals surface area (Å²) in [6, 6.07) is 25.4. The molecule has 0 unspecified atom stereocenters. The molecule has 6 aromatic rings. The zero-order valence-corrected chi connectivity index (χ0v) is 27.4. The van der Waals surface area contributed by atoms with Crippen molar-refractivity contribution in [1.29, 1.82) is 5.26 Å². The Hall–Kier alpha value is -5.70. The number of benzene rings is 4. The maximum Gasteiger partial charge on any atom is 0.246 e. The Morgan fingerprint density at radius 3 is 2.24 bits per heavy atom. The first kappa shape index (κ1) is 31.9. The first-order valence-corrected chi connectivity index (χ1v) is 16.4. The molecule has 1 aliphatic rings. The number of aromatic nitrogens is 2. The molecule has 1 fully saturated rings. The third kappa shape index (κ3) is 5.75. The fourth-order valence-corrected chi connectivity index (χ4v) is 7.19. The lowest BCUT2D eigenvalue weighted by atomic mass is 9.98. The summed E-state index contributed by atoms with van der Waals surface area (Å²) in [7, 11) is 0. The van der Waals surface area contributed by atoms with Crippen molar-refractivity contribution in [3.8, 4) is 17.2 Å². The minimum Gasteiger partial charge on any atom is -0.375 e. The molecule has 3 heterocycles. The number of aliphatic imine (C=N–C) groups is 1. The SMILES string of the molecule is C=CC(=O)N1CCN(c2c(C#N)c(N=C(c3ccccc3)c3ccccc3)nc3c(F)c(-c4ccc(F)c5sc(N)nc45)c(Cl)cc23)CC1. The third-order valence-corrected chi connectivity index (χ3v) is 9.60. The lowest BCUT2D eigenvalue weighted by molar-refractivity contribution is -0.126. The summed E-state index contributed by atoms with van der Waals surface area (Å²) in [4.78, 5) is 29.9. The van der Waals surface area contributed by atoms with Gasteiger partial charge in [0.25, 0.3) is 0 Å². The number of carbonyl (C=O) groups excluding carboxylic acids is 1. The highest BCUT2D eigenvalue weighted by atomic mass is 35.5. The molecular formula is C37H26ClF2N7OS. The molecular weight excluding hydrogens is 664 g/mol. The summed E-state index contributed by atoms with van der Waals surface area (Å²) in [5, 5.41) is 11.1. The van der Waals surface area contributed by atoms with E-state index < -0.39 is 11.6 Å². The average molecular weight is 690 g/mol. The van der Waals surface area contributed by atoms with Crippen LogP contribution in [0.2, 0.25) is 5.02 Å². The summed E-state index contributed by atoms with van der Waals surface area (Å²) in [5.41, 5.74) is 8.82. The number of nitrogen functional groups attached to an aromatic ring is 1. The predicted molar refractivity (Wildman–Crippen MR) is 192 cm³/mol. The van der Waals surface area contributed by atoms with Crippen LogP contribution < -0.4 is 10.6 Å². The van der Waals surface area contributed by atoms with Gasteiger partial charge in [0.2, 0.25) is 5.91 Å². The summed E-state index contributed by atoms with van der Waals surface area (Å²) in [6.07, 6.45) is 1.26. The molecule has 49 heavy (non-hydrogen) atoms. The molecule has 2 aromatic heterocycles. The van der Waals surface area contributed by atoms with Crippen LogP contribution in [0.1, 0.15) is 16.7 Å². The van der Waals surface area contributed by atoms with Crippen LogP contribution in [-0.4, -0.2) is 52.7 Å². The van der Waals surface area contributed by atoms with E-state index in [-0.39, 0.29) is 54.3 Å². The van der Waals surface area contributed by atoms with Crippen LogP contribution in [0.25, 0.3) is 32.2 Å². The van der Waals surface area contributed by atoms with E-state index in [2.05, 4.69) is 17.6 Å². The maximum atomic E-state index is 17.1. The van der Waals surface area contributed by atoms with Gasteiger partial charge >= 0.3 is 0 Å². The number of nitrogens with two attached hydrogens (primary N) is 1. The van der Waals surface area contributed by atoms with Crippen molar-refractivity contribution in [1.82, 2.24) is 14.9 Å². The molecule has 242 valence electrons. The molecule has 12 heteroatoms. The molecule has 0 bridgehead atoms. The van der Waals surface area contributed by atoms with E-state index in [1.54, 1.807) is 11.0 Å². The second kappa shape index (κ2) is 13.1. The van der Waals surface area contributed by atoms with Gasteiger partial charge in [-0.3, -0.25) is 4.79 Å². The van der Waals surface area contributed by atoms with Gasteiger partial charge in [0, 0.05) is 53.8 Å². The summed E-state index contributed by atoms with van der Waals surface area (Å²) in [6.45, 7) is 4.98. The molecule has 0 radical (unpaired) electrons. The summed E-state index contributed by atoms with van der Waals surface area (Å²) < 4.78 is 32.0. The number of piperazine rings is 1. The zero-order valence-electron chi connectivity index (χ0n) is 25.8. The van der Waals surface area contributed by atoms with Crippen molar-refractivity contribution in [2.24, 2.45) is 4.99 Å². The van der Waals surface area contributed by atoms with Crippen LogP contribution in [0.5, 0.6) is 0 Å². The highest BCUT2D eigenvalue weighted by Crippen LogP contribution is 2.45. The first-order valence-electron chi connectivity index (χ1n) is 15.3. The number of halogens is 3. The maximum absolute atomic E-state index is 17.1. The van der Waals surface area contributed by atoms with E-state index in [0.717, 1.165) is 22.5 Å². The Kier molecular flexibility index (Phi) is 8.50. The lowest BCUT2D eigenvalue weighted by Gasteiger charge is -2.36. The predicted octanol–water partition coefficient (Wildman–Crippen LogP) is 7.90. The van der Waals surface area contributed by atoms with E-state index in [1.807, 2.05) is 65.6 Å². The molecule has 1 saturated heterocycles. The number of rotatable bonds is 6. The van der Waals surface area contributed by atoms with Gasteiger partial charge in [-0.1, -0.05) is 90.2 Å². The second-order valence-corrected chi connectivity index (χ2v) is 12.7. The van der Waals surface area contributed by atoms with Gasteiger partial charge in [-0.05, 0) is 24.3 Å². The number of nitrogens with zero attached hydrogens (tertiary/aromatic N) is 6. The molecule has 1 aliphatic heterocycles. The molecule has 0 atom stereocenters. The zero-order chi connectivity index (χ0) is 34.2. The Morgan fingerprint density at radius 2 is 1.63 bits per heavy atom. The molecule has 0 spiro atoms. The number of amides is 1. The second-order valence-electron chi connectivity index (χ2n) is 11.2. The molecule has 1 amide bonds. The van der Waals surface area contributed by atoms with E-state index in [0.29, 0.717) is 43.0 Å². The highest BCUT2D eigenvalue weighted by Gasteiger charge is 2.29. The summed E-state index contributed by atoms with van der Waals surface area (Å²) in [5.74, 6) is -1.52. The molecule has 7 rings (SSSR count). The van der Waals surface area contributed by atoms with Gasteiger partial charge in [-0.15, -0.1) is 0 Å². The number of pyridine rings is 1. The molecule has 2 N–H and O–H groups in total. The standard InChI is InChI=1S/C37H26ClF2N7OS/c1-2-28(48)46-15-17-47(18-16-46)34-24-19-26(38)29(23-13-14-27(39)35-33(23)45-37(42)49-35)30(40)32(24)44-36(25(34)20-41)43-31(21-9-5-3-6-10-21)22-11-7-4-8-12-22/h2-14,19H,1,15-18H2,(H2,42,45). The molecule has 0 aliphatic carbocycles. The minimum absolute atomic E-state index is 0.00614. The van der Waals surface area contributed by atoms with Crippen LogP contribution in [0, 0.1) is 23.0 Å². The van der Waals surface area contributed by atoms with Gasteiger partial charge in [0.1, 0.15) is 23.0 Å². The van der Waals surface area contributed by atoms with Crippen LogP contribution in [-0.2, 0) is 4.79 Å². The van der Waals surface area contributed by atoms with Gasteiger partial charge in [-0.25, -0.2) is 23.7 Å². The highest BCUT2D eigenvalue weighted by molar-refractivity contribution is 7.22. The Morgan fingerprint density at radius 1 is 0.980 bits per heavy atom. The molecule has 8 nitrogen and oxygen atoms in total. The van der Waals surface area contributed by atoms with Crippen molar-refractivity contribution in [2.45, 2.75) is 0 Å². The van der Waals surface area contributed by atoms with Gasteiger partial charge < -0.3 is 15.5 Å². The van der Waals surface area contributed by atoms with Crippen molar-refractivity contribution < 1.29 is 13.6 Å². The van der Waals surface area contributed by atoms with Gasteiger partial charge in [0.15, 0.2) is 16.8 Å². The van der Waals surface area contributed by atoms with Crippen molar-refractivity contribution >= 4 is 72.3 Å². The quantitative estimate of drug-likeness (QED) is 0.141. The number of nitriles is 1. The normalized spacial score (nSPS) is 13.0. The largest absolute Gasteiger partial charge is 0.375 e. The van der Waals surface area contributed by atoms with E-state index in [1.165, 1.54) is 18.2 Å². The number of hydrogen-bond donors (Lipinski definition) is 1. The number of thiazole rings is 1. The van der Waals surface area contributed by atoms with Crippen molar-refractivity contribution in [3.05, 3.63) is 125 Å². The van der Waals surface area contributed by atoms with Crippen LogP contribution >= 0.6 is 22.9 Å². The van der Waals surface area contributed by atoms with E-state index in [4.69, 9.17) is 27.3 Å². The Labute approximate surface area is 289 Å². The fraction of sp³-hybridized carbons (Fsp3) is 0.108. The molecule has 0 saturated carbocycles. The van der Waals surface area contributed by atoms with E-state index in [9.17, 15) is 14.4 Å². The Bertz CT molecular complexity index is 2310. The topological polar surface area (TPSA) is 112 Å². The van der Waals surface area contributed by atoms with Crippen LogP contribution in [0.4, 0.5) is 25.4 Å². The molecule has 4 aromatic carbocycles. The fourth-order valence-electron chi connectivity index (χ4n) is 6.13. The monoisotopic (exact) mass is 689 g/mol. The van der Waals surface area contributed by atoms with Gasteiger partial charge in [-0.2, -0.15) is 5.26 Å². The van der Waals surface area contributed by atoms with E-state index >= 15 is 4.39 Å². The lowest BCUT2D eigenvalue weighted by Crippen LogP contribution is -2.48. The number of anilines is 2.